The maximum atomic E-state index is 13.0. The molecule has 1 amide bonds. The predicted molar refractivity (Wildman–Crippen MR) is 107 cm³/mol. The zero-order valence-corrected chi connectivity index (χ0v) is 15.5. The molecule has 2 aromatic heterocycles. The van der Waals surface area contributed by atoms with Crippen molar-refractivity contribution in [2.45, 2.75) is 18.9 Å². The quantitative estimate of drug-likeness (QED) is 0.695. The van der Waals surface area contributed by atoms with Crippen LogP contribution >= 0.6 is 0 Å². The second kappa shape index (κ2) is 6.75. The summed E-state index contributed by atoms with van der Waals surface area (Å²) in [4.78, 5) is 31.8. The number of carbonyl (C=O) groups excluding carboxylic acids is 1. The van der Waals surface area contributed by atoms with E-state index in [1.165, 1.54) is 0 Å². The number of rotatable bonds is 2. The van der Waals surface area contributed by atoms with Gasteiger partial charge in [-0.05, 0) is 36.6 Å². The van der Waals surface area contributed by atoms with Gasteiger partial charge < -0.3 is 9.47 Å². The molecule has 2 bridgehead atoms. The summed E-state index contributed by atoms with van der Waals surface area (Å²) in [6.45, 7) is 2.01. The fourth-order valence-electron chi connectivity index (χ4n) is 4.71. The van der Waals surface area contributed by atoms with Crippen molar-refractivity contribution in [3.05, 3.63) is 88.6 Å². The highest BCUT2D eigenvalue weighted by atomic mass is 16.2. The minimum absolute atomic E-state index is 0.0418. The zero-order valence-electron chi connectivity index (χ0n) is 15.5. The van der Waals surface area contributed by atoms with Gasteiger partial charge >= 0.3 is 0 Å². The third kappa shape index (κ3) is 2.83. The van der Waals surface area contributed by atoms with E-state index in [4.69, 9.17) is 0 Å². The Morgan fingerprint density at radius 2 is 1.82 bits per heavy atom. The van der Waals surface area contributed by atoms with Crippen LogP contribution in [0.1, 0.15) is 28.4 Å². The molecule has 5 heteroatoms. The molecule has 140 valence electrons. The van der Waals surface area contributed by atoms with Gasteiger partial charge in [0.25, 0.3) is 11.5 Å². The molecule has 0 aliphatic carbocycles. The van der Waals surface area contributed by atoms with Gasteiger partial charge in [0.05, 0.1) is 0 Å². The van der Waals surface area contributed by atoms with E-state index in [2.05, 4.69) is 4.98 Å². The third-order valence-electron chi connectivity index (χ3n) is 5.87. The molecule has 2 atom stereocenters. The summed E-state index contributed by atoms with van der Waals surface area (Å²) in [5.74, 6) is 0.537. The van der Waals surface area contributed by atoms with E-state index in [9.17, 15) is 9.59 Å². The van der Waals surface area contributed by atoms with Gasteiger partial charge in [0, 0.05) is 66.4 Å². The molecule has 2 aliphatic heterocycles. The van der Waals surface area contributed by atoms with Crippen molar-refractivity contribution in [2.24, 2.45) is 5.92 Å². The number of likely N-dealkylation sites (tertiary alicyclic amines) is 1. The third-order valence-corrected chi connectivity index (χ3v) is 5.87. The predicted octanol–water partition coefficient (Wildman–Crippen LogP) is 3.17. The van der Waals surface area contributed by atoms with E-state index in [1.54, 1.807) is 12.3 Å². The van der Waals surface area contributed by atoms with E-state index in [0.29, 0.717) is 25.6 Å². The van der Waals surface area contributed by atoms with Crippen molar-refractivity contribution in [1.82, 2.24) is 14.5 Å². The second-order valence-electron chi connectivity index (χ2n) is 7.70. The van der Waals surface area contributed by atoms with E-state index < -0.39 is 0 Å². The molecule has 4 heterocycles. The van der Waals surface area contributed by atoms with Crippen LogP contribution in [-0.2, 0) is 6.54 Å². The minimum Gasteiger partial charge on any atom is -0.338 e. The number of benzene rings is 1. The summed E-state index contributed by atoms with van der Waals surface area (Å²) >= 11 is 0. The molecule has 0 saturated carbocycles. The molecule has 2 aliphatic rings. The maximum Gasteiger partial charge on any atom is 0.253 e. The lowest BCUT2D eigenvalue weighted by molar-refractivity contribution is 0.0595. The summed E-state index contributed by atoms with van der Waals surface area (Å²) in [7, 11) is 0. The number of carbonyl (C=O) groups is 1. The number of amides is 1. The lowest BCUT2D eigenvalue weighted by Gasteiger charge is -2.43. The standard InChI is InChI=1S/C23H21N3O2/c27-21-9-8-20(18-7-4-10-24-12-18)22-19-11-16(14-26(21)22)13-25(15-19)23(28)17-5-2-1-3-6-17/h1-10,12,16,19H,11,13-15H2/t16-,19+/m0/s1. The van der Waals surface area contributed by atoms with Crippen molar-refractivity contribution < 1.29 is 4.79 Å². The van der Waals surface area contributed by atoms with Crippen LogP contribution in [-0.4, -0.2) is 33.4 Å². The van der Waals surface area contributed by atoms with Gasteiger partial charge in [-0.2, -0.15) is 0 Å². The van der Waals surface area contributed by atoms with Crippen molar-refractivity contribution >= 4 is 5.91 Å². The van der Waals surface area contributed by atoms with Crippen LogP contribution in [0.4, 0.5) is 0 Å². The highest BCUT2D eigenvalue weighted by molar-refractivity contribution is 5.94. The molecule has 5 rings (SSSR count). The number of aromatic nitrogens is 2. The van der Waals surface area contributed by atoms with Gasteiger partial charge in [0.2, 0.25) is 0 Å². The normalized spacial score (nSPS) is 20.5. The summed E-state index contributed by atoms with van der Waals surface area (Å²) in [6, 6.07) is 16.9. The van der Waals surface area contributed by atoms with Crippen molar-refractivity contribution in [2.75, 3.05) is 13.1 Å². The molecule has 0 radical (unpaired) electrons. The highest BCUT2D eigenvalue weighted by Gasteiger charge is 2.38. The van der Waals surface area contributed by atoms with Gasteiger partial charge in [0.15, 0.2) is 0 Å². The van der Waals surface area contributed by atoms with Gasteiger partial charge in [-0.3, -0.25) is 14.6 Å². The first-order chi connectivity index (χ1) is 13.7. The summed E-state index contributed by atoms with van der Waals surface area (Å²) in [5, 5.41) is 0. The molecule has 1 saturated heterocycles. The van der Waals surface area contributed by atoms with E-state index in [-0.39, 0.29) is 17.4 Å². The molecule has 1 fully saturated rings. The average molecular weight is 371 g/mol. The van der Waals surface area contributed by atoms with Gasteiger partial charge in [-0.15, -0.1) is 0 Å². The smallest absolute Gasteiger partial charge is 0.253 e. The van der Waals surface area contributed by atoms with Crippen LogP contribution in [0.15, 0.2) is 71.8 Å². The number of piperidine rings is 1. The van der Waals surface area contributed by atoms with E-state index in [0.717, 1.165) is 28.8 Å². The van der Waals surface area contributed by atoms with Crippen LogP contribution in [0, 0.1) is 5.92 Å². The Bertz CT molecular complexity index is 1080. The van der Waals surface area contributed by atoms with Crippen LogP contribution < -0.4 is 5.56 Å². The number of nitrogens with zero attached hydrogens (tertiary/aromatic N) is 3. The second-order valence-corrected chi connectivity index (χ2v) is 7.70. The van der Waals surface area contributed by atoms with Crippen molar-refractivity contribution in [3.63, 3.8) is 0 Å². The van der Waals surface area contributed by atoms with Crippen molar-refractivity contribution in [3.8, 4) is 11.1 Å². The number of hydrogen-bond donors (Lipinski definition) is 0. The molecular formula is C23H21N3O2. The first-order valence-corrected chi connectivity index (χ1v) is 9.69. The fraction of sp³-hybridized carbons (Fsp3) is 0.261. The molecule has 3 aromatic rings. The van der Waals surface area contributed by atoms with Crippen molar-refractivity contribution in [1.29, 1.82) is 0 Å². The lowest BCUT2D eigenvalue weighted by atomic mass is 9.80. The maximum absolute atomic E-state index is 13.0. The Kier molecular flexibility index (Phi) is 4.08. The van der Waals surface area contributed by atoms with Gasteiger partial charge in [0.1, 0.15) is 0 Å². The molecule has 0 spiro atoms. The Morgan fingerprint density at radius 1 is 0.964 bits per heavy atom. The van der Waals surface area contributed by atoms with Gasteiger partial charge in [-0.25, -0.2) is 0 Å². The Labute approximate surface area is 163 Å². The summed E-state index contributed by atoms with van der Waals surface area (Å²) in [6.07, 6.45) is 4.60. The summed E-state index contributed by atoms with van der Waals surface area (Å²) < 4.78 is 1.92. The number of pyridine rings is 2. The Morgan fingerprint density at radius 3 is 2.61 bits per heavy atom. The molecule has 0 N–H and O–H groups in total. The molecule has 28 heavy (non-hydrogen) atoms. The number of fused-ring (bicyclic) bond motifs is 4. The number of hydrogen-bond acceptors (Lipinski definition) is 3. The Balaban J connectivity index is 1.55. The molecular weight excluding hydrogens is 350 g/mol. The fourth-order valence-corrected chi connectivity index (χ4v) is 4.71. The molecule has 0 unspecified atom stereocenters. The van der Waals surface area contributed by atoms with Gasteiger partial charge in [-0.1, -0.05) is 24.3 Å². The van der Waals surface area contributed by atoms with Crippen LogP contribution in [0.2, 0.25) is 0 Å². The monoisotopic (exact) mass is 371 g/mol. The highest BCUT2D eigenvalue weighted by Crippen LogP contribution is 2.40. The molecule has 1 aromatic carbocycles. The van der Waals surface area contributed by atoms with E-state index in [1.807, 2.05) is 64.2 Å². The largest absolute Gasteiger partial charge is 0.338 e. The topological polar surface area (TPSA) is 55.2 Å². The van der Waals surface area contributed by atoms with Crippen LogP contribution in [0.5, 0.6) is 0 Å². The van der Waals surface area contributed by atoms with Crippen LogP contribution in [0.3, 0.4) is 0 Å². The minimum atomic E-state index is 0.0418. The zero-order chi connectivity index (χ0) is 19.1. The SMILES string of the molecule is O=C(c1ccccc1)N1C[C@@H]2C[C@H](C1)c1c(-c3cccnc3)ccc(=O)n1C2. The van der Waals surface area contributed by atoms with E-state index >= 15 is 0 Å². The first-order valence-electron chi connectivity index (χ1n) is 9.69. The Hall–Kier alpha value is -3.21. The summed E-state index contributed by atoms with van der Waals surface area (Å²) in [5.41, 5.74) is 3.87. The first kappa shape index (κ1) is 16.9. The molecule has 5 nitrogen and oxygen atoms in total. The van der Waals surface area contributed by atoms with Crippen LogP contribution in [0.25, 0.3) is 11.1 Å². The lowest BCUT2D eigenvalue weighted by Crippen LogP contribution is -2.49. The average Bonchev–Trinajstić information content (AvgIpc) is 2.75.